The number of hydrogen-bond donors (Lipinski definition) is 0. The van der Waals surface area contributed by atoms with Crippen molar-refractivity contribution in [2.45, 2.75) is 45.9 Å². The van der Waals surface area contributed by atoms with Gasteiger partial charge in [0.25, 0.3) is 0 Å². The van der Waals surface area contributed by atoms with Crippen molar-refractivity contribution >= 4 is 7.85 Å². The summed E-state index contributed by atoms with van der Waals surface area (Å²) < 4.78 is 0. The largest absolute Gasteiger partial charge is 0.0741 e. The van der Waals surface area contributed by atoms with E-state index in [1.807, 2.05) is 0 Å². The van der Waals surface area contributed by atoms with E-state index < -0.39 is 0 Å². The molecule has 0 unspecified atom stereocenters. The number of rotatable bonds is 1. The molecule has 0 amide bonds. The molecule has 12 heavy (non-hydrogen) atoms. The predicted octanol–water partition coefficient (Wildman–Crippen LogP) is 3.04. The van der Waals surface area contributed by atoms with Crippen molar-refractivity contribution in [1.82, 2.24) is 0 Å². The Morgan fingerprint density at radius 1 is 1.33 bits per heavy atom. The minimum Gasteiger partial charge on any atom is -0.0741 e. The fourth-order valence-corrected chi connectivity index (χ4v) is 3.57. The molecule has 3 aliphatic carbocycles. The highest BCUT2D eigenvalue weighted by molar-refractivity contribution is 6.12. The highest BCUT2D eigenvalue weighted by Crippen LogP contribution is 2.64. The van der Waals surface area contributed by atoms with Gasteiger partial charge < -0.3 is 0 Å². The van der Waals surface area contributed by atoms with Crippen molar-refractivity contribution in [3.05, 3.63) is 0 Å². The Kier molecular flexibility index (Phi) is 1.82. The maximum atomic E-state index is 6.13. The number of fused-ring (bicyclic) bond motifs is 2. The molecular weight excluding hydrogens is 143 g/mol. The number of hydrogen-bond acceptors (Lipinski definition) is 0. The van der Waals surface area contributed by atoms with E-state index in [-0.39, 0.29) is 0 Å². The SMILES string of the molecule is [B][C@@H]1C[C@@H]2C[C@H]([C@H]1CC)C2(C)C. The molecule has 0 aromatic heterocycles. The van der Waals surface area contributed by atoms with Crippen molar-refractivity contribution in [3.63, 3.8) is 0 Å². The molecule has 66 valence electrons. The first-order valence-electron chi connectivity index (χ1n) is 5.33. The summed E-state index contributed by atoms with van der Waals surface area (Å²) >= 11 is 0. The van der Waals surface area contributed by atoms with Crippen LogP contribution in [0.15, 0.2) is 0 Å². The van der Waals surface area contributed by atoms with Crippen LogP contribution >= 0.6 is 0 Å². The third kappa shape index (κ3) is 0.915. The second-order valence-electron chi connectivity index (χ2n) is 5.33. The van der Waals surface area contributed by atoms with E-state index in [1.54, 1.807) is 0 Å². The quantitative estimate of drug-likeness (QED) is 0.520. The van der Waals surface area contributed by atoms with Gasteiger partial charge in [0, 0.05) is 0 Å². The van der Waals surface area contributed by atoms with Gasteiger partial charge in [-0.05, 0) is 29.6 Å². The van der Waals surface area contributed by atoms with Crippen molar-refractivity contribution in [2.75, 3.05) is 0 Å². The lowest BCUT2D eigenvalue weighted by Gasteiger charge is -2.62. The van der Waals surface area contributed by atoms with E-state index in [9.17, 15) is 0 Å². The van der Waals surface area contributed by atoms with Gasteiger partial charge in [0.05, 0.1) is 7.85 Å². The fraction of sp³-hybridized carbons (Fsp3) is 1.00. The second-order valence-corrected chi connectivity index (χ2v) is 5.33. The summed E-state index contributed by atoms with van der Waals surface area (Å²) in [6.07, 6.45) is 4.02. The smallest absolute Gasteiger partial charge is 0.0703 e. The lowest BCUT2D eigenvalue weighted by atomic mass is 9.40. The third-order valence-electron chi connectivity index (χ3n) is 4.64. The highest BCUT2D eigenvalue weighted by Gasteiger charge is 2.55. The van der Waals surface area contributed by atoms with Crippen LogP contribution in [-0.2, 0) is 0 Å². The molecule has 0 heterocycles. The van der Waals surface area contributed by atoms with Gasteiger partial charge in [-0.1, -0.05) is 39.4 Å². The molecule has 2 radical (unpaired) electrons. The monoisotopic (exact) mass is 162 g/mol. The minimum absolute atomic E-state index is 0.506. The van der Waals surface area contributed by atoms with Crippen molar-refractivity contribution in [3.8, 4) is 0 Å². The minimum atomic E-state index is 0.506. The molecule has 4 atom stereocenters. The molecule has 2 bridgehead atoms. The molecule has 3 saturated carbocycles. The van der Waals surface area contributed by atoms with Crippen LogP contribution in [0.3, 0.4) is 0 Å². The van der Waals surface area contributed by atoms with Gasteiger partial charge in [-0.2, -0.15) is 0 Å². The zero-order chi connectivity index (χ0) is 8.93. The summed E-state index contributed by atoms with van der Waals surface area (Å²) in [6.45, 7) is 7.15. The molecule has 0 N–H and O–H groups in total. The van der Waals surface area contributed by atoms with Crippen molar-refractivity contribution < 1.29 is 0 Å². The Balaban J connectivity index is 2.15. The highest BCUT2D eigenvalue weighted by atomic mass is 14.6. The first-order valence-corrected chi connectivity index (χ1v) is 5.33. The van der Waals surface area contributed by atoms with Gasteiger partial charge in [0.15, 0.2) is 0 Å². The van der Waals surface area contributed by atoms with Crippen molar-refractivity contribution in [2.24, 2.45) is 23.2 Å². The van der Waals surface area contributed by atoms with E-state index in [4.69, 9.17) is 7.85 Å². The Bertz CT molecular complexity index is 185. The van der Waals surface area contributed by atoms with Crippen LogP contribution in [0.1, 0.15) is 40.0 Å². The van der Waals surface area contributed by atoms with Gasteiger partial charge in [-0.3, -0.25) is 0 Å². The first kappa shape index (κ1) is 8.65. The van der Waals surface area contributed by atoms with E-state index in [1.165, 1.54) is 19.3 Å². The average molecular weight is 162 g/mol. The van der Waals surface area contributed by atoms with E-state index in [0.29, 0.717) is 11.2 Å². The van der Waals surface area contributed by atoms with Crippen LogP contribution in [0.4, 0.5) is 0 Å². The summed E-state index contributed by atoms with van der Waals surface area (Å²) in [5, 5.41) is 0. The molecule has 0 spiro atoms. The molecular formula is C11H19B. The van der Waals surface area contributed by atoms with Crippen LogP contribution in [0, 0.1) is 23.2 Å². The standard InChI is InChI=1S/C11H19B/c1-4-8-9-5-7(6-10(8)12)11(9,2)3/h7-10H,4-6H2,1-3H3/t7-,8+,9+,10+/m0/s1. The molecule has 0 aromatic rings. The fourth-order valence-electron chi connectivity index (χ4n) is 3.57. The Morgan fingerprint density at radius 2 is 2.00 bits per heavy atom. The lowest BCUT2D eigenvalue weighted by Crippen LogP contribution is -2.54. The van der Waals surface area contributed by atoms with Gasteiger partial charge >= 0.3 is 0 Å². The molecule has 3 fully saturated rings. The van der Waals surface area contributed by atoms with Crippen LogP contribution < -0.4 is 0 Å². The lowest BCUT2D eigenvalue weighted by molar-refractivity contribution is -0.104. The summed E-state index contributed by atoms with van der Waals surface area (Å²) in [6, 6.07) is 0. The summed E-state index contributed by atoms with van der Waals surface area (Å²) in [7, 11) is 6.13. The van der Waals surface area contributed by atoms with Gasteiger partial charge in [0.1, 0.15) is 0 Å². The van der Waals surface area contributed by atoms with Crippen LogP contribution in [0.25, 0.3) is 0 Å². The third-order valence-corrected chi connectivity index (χ3v) is 4.64. The first-order chi connectivity index (χ1) is 5.57. The van der Waals surface area contributed by atoms with E-state index >= 15 is 0 Å². The molecule has 0 aliphatic heterocycles. The molecule has 0 saturated heterocycles. The Hall–Kier alpha value is 0.0649. The average Bonchev–Trinajstić information content (AvgIpc) is 2.03. The second kappa shape index (κ2) is 2.53. The van der Waals surface area contributed by atoms with E-state index in [0.717, 1.165) is 17.8 Å². The molecule has 0 nitrogen and oxygen atoms in total. The summed E-state index contributed by atoms with van der Waals surface area (Å²) in [5.41, 5.74) is 0.608. The Morgan fingerprint density at radius 3 is 2.42 bits per heavy atom. The molecule has 3 aliphatic rings. The maximum absolute atomic E-state index is 6.13. The van der Waals surface area contributed by atoms with Crippen LogP contribution in [0.2, 0.25) is 5.82 Å². The topological polar surface area (TPSA) is 0 Å². The maximum Gasteiger partial charge on any atom is 0.0703 e. The van der Waals surface area contributed by atoms with Crippen LogP contribution in [0.5, 0.6) is 0 Å². The molecule has 3 rings (SSSR count). The predicted molar refractivity (Wildman–Crippen MR) is 53.3 cm³/mol. The summed E-state index contributed by atoms with van der Waals surface area (Å²) in [4.78, 5) is 0. The van der Waals surface area contributed by atoms with E-state index in [2.05, 4.69) is 20.8 Å². The normalized spacial score (nSPS) is 49.9. The Labute approximate surface area is 77.5 Å². The van der Waals surface area contributed by atoms with Crippen molar-refractivity contribution in [1.29, 1.82) is 0 Å². The summed E-state index contributed by atoms with van der Waals surface area (Å²) in [5.74, 6) is 3.17. The van der Waals surface area contributed by atoms with Gasteiger partial charge in [-0.25, -0.2) is 0 Å². The van der Waals surface area contributed by atoms with Crippen LogP contribution in [-0.4, -0.2) is 7.85 Å². The zero-order valence-electron chi connectivity index (χ0n) is 8.51. The van der Waals surface area contributed by atoms with Gasteiger partial charge in [0.2, 0.25) is 0 Å². The van der Waals surface area contributed by atoms with Gasteiger partial charge in [-0.15, -0.1) is 0 Å². The zero-order valence-corrected chi connectivity index (χ0v) is 8.51. The molecule has 0 aromatic carbocycles. The molecule has 1 heteroatoms.